The maximum atomic E-state index is 8.71. The fraction of sp³-hybridized carbons (Fsp3) is 0.200. The van der Waals surface area contributed by atoms with E-state index in [0.717, 1.165) is 23.5 Å². The first-order chi connectivity index (χ1) is 11.3. The van der Waals surface area contributed by atoms with Crippen LogP contribution in [0.2, 0.25) is 0 Å². The molecule has 23 heavy (non-hydrogen) atoms. The highest BCUT2D eigenvalue weighted by molar-refractivity contribution is 5.36. The quantitative estimate of drug-likeness (QED) is 0.757. The molecule has 1 N–H and O–H groups in total. The molecule has 2 heterocycles. The molecule has 3 rings (SSSR count). The third-order valence-corrected chi connectivity index (χ3v) is 3.26. The Morgan fingerprint density at radius 1 is 1.26 bits per heavy atom. The third-order valence-electron chi connectivity index (χ3n) is 3.26. The number of nitrogens with zero attached hydrogens (tertiary/aromatic N) is 7. The molecule has 8 nitrogen and oxygen atoms in total. The third kappa shape index (κ3) is 3.47. The number of benzene rings is 1. The molecule has 8 heteroatoms. The Bertz CT molecular complexity index is 831. The second-order valence-electron chi connectivity index (χ2n) is 4.89. The Morgan fingerprint density at radius 2 is 2.09 bits per heavy atom. The summed E-state index contributed by atoms with van der Waals surface area (Å²) < 4.78 is 1.70. The summed E-state index contributed by atoms with van der Waals surface area (Å²) in [6.07, 6.45) is 3.80. The van der Waals surface area contributed by atoms with Crippen LogP contribution in [0.1, 0.15) is 17.0 Å². The number of nitrogens with one attached hydrogen (secondary N) is 1. The van der Waals surface area contributed by atoms with E-state index in [-0.39, 0.29) is 0 Å². The number of nitriles is 1. The van der Waals surface area contributed by atoms with E-state index in [9.17, 15) is 0 Å². The number of hydrogen-bond acceptors (Lipinski definition) is 7. The fourth-order valence-corrected chi connectivity index (χ4v) is 2.11. The standard InChI is InChI=1S/C15H14N8/c1-11-20-21-22-23(11)14-4-2-3-12(7-14)5-6-17-15-18-9-13(8-16)10-19-15/h2-4,7,9-10H,5-6H2,1H3,(H,17,18,19). The van der Waals surface area contributed by atoms with Crippen LogP contribution in [-0.2, 0) is 6.42 Å². The Morgan fingerprint density at radius 3 is 2.78 bits per heavy atom. The number of aryl methyl sites for hydroxylation is 1. The summed E-state index contributed by atoms with van der Waals surface area (Å²) >= 11 is 0. The highest BCUT2D eigenvalue weighted by Crippen LogP contribution is 2.11. The van der Waals surface area contributed by atoms with Gasteiger partial charge < -0.3 is 5.32 Å². The first-order valence-corrected chi connectivity index (χ1v) is 7.06. The van der Waals surface area contributed by atoms with E-state index < -0.39 is 0 Å². The van der Waals surface area contributed by atoms with Crippen LogP contribution in [0.5, 0.6) is 0 Å². The number of rotatable bonds is 5. The summed E-state index contributed by atoms with van der Waals surface area (Å²) in [7, 11) is 0. The lowest BCUT2D eigenvalue weighted by Crippen LogP contribution is -2.08. The lowest BCUT2D eigenvalue weighted by molar-refractivity contribution is 0.778. The van der Waals surface area contributed by atoms with Crippen LogP contribution < -0.4 is 5.32 Å². The van der Waals surface area contributed by atoms with Gasteiger partial charge in [-0.1, -0.05) is 12.1 Å². The molecular formula is C15H14N8. The normalized spacial score (nSPS) is 10.3. The van der Waals surface area contributed by atoms with Gasteiger partial charge in [0.25, 0.3) is 0 Å². The van der Waals surface area contributed by atoms with Gasteiger partial charge in [0.05, 0.1) is 23.6 Å². The summed E-state index contributed by atoms with van der Waals surface area (Å²) in [6.45, 7) is 2.54. The molecule has 0 aliphatic carbocycles. The maximum Gasteiger partial charge on any atom is 0.222 e. The highest BCUT2D eigenvalue weighted by atomic mass is 15.5. The molecule has 0 aliphatic heterocycles. The van der Waals surface area contributed by atoms with E-state index in [1.54, 1.807) is 4.68 Å². The highest BCUT2D eigenvalue weighted by Gasteiger charge is 2.04. The Hall–Kier alpha value is -3.34. The van der Waals surface area contributed by atoms with Gasteiger partial charge in [-0.25, -0.2) is 9.97 Å². The summed E-state index contributed by atoms with van der Waals surface area (Å²) in [6, 6.07) is 10.0. The lowest BCUT2D eigenvalue weighted by atomic mass is 10.1. The maximum absolute atomic E-state index is 8.71. The van der Waals surface area contributed by atoms with Gasteiger partial charge in [-0.15, -0.1) is 5.10 Å². The zero-order chi connectivity index (χ0) is 16.1. The molecule has 0 unspecified atom stereocenters. The van der Waals surface area contributed by atoms with Crippen molar-refractivity contribution in [1.82, 2.24) is 30.2 Å². The van der Waals surface area contributed by atoms with Gasteiger partial charge in [-0.3, -0.25) is 0 Å². The van der Waals surface area contributed by atoms with Crippen molar-refractivity contribution in [3.8, 4) is 11.8 Å². The summed E-state index contributed by atoms with van der Waals surface area (Å²) in [5.74, 6) is 1.25. The molecule has 0 saturated heterocycles. The minimum absolute atomic E-state index is 0.445. The van der Waals surface area contributed by atoms with Crippen LogP contribution in [0.4, 0.5) is 5.95 Å². The predicted molar refractivity (Wildman–Crippen MR) is 82.8 cm³/mol. The Labute approximate surface area is 132 Å². The van der Waals surface area contributed by atoms with Crippen molar-refractivity contribution in [2.75, 3.05) is 11.9 Å². The van der Waals surface area contributed by atoms with E-state index in [4.69, 9.17) is 5.26 Å². The van der Waals surface area contributed by atoms with Crippen molar-refractivity contribution in [3.05, 3.63) is 53.6 Å². The van der Waals surface area contributed by atoms with Crippen LogP contribution in [-0.4, -0.2) is 36.7 Å². The van der Waals surface area contributed by atoms with E-state index in [1.165, 1.54) is 12.4 Å². The second kappa shape index (κ2) is 6.62. The summed E-state index contributed by atoms with van der Waals surface area (Å²) in [5.41, 5.74) is 2.53. The summed E-state index contributed by atoms with van der Waals surface area (Å²) in [5, 5.41) is 23.4. The molecule has 0 amide bonds. The van der Waals surface area contributed by atoms with Crippen LogP contribution in [0.15, 0.2) is 36.7 Å². The predicted octanol–water partition coefficient (Wildman–Crippen LogP) is 1.29. The SMILES string of the molecule is Cc1nnnn1-c1cccc(CCNc2ncc(C#N)cn2)c1. The van der Waals surface area contributed by atoms with Gasteiger partial charge in [-0.2, -0.15) is 9.94 Å². The van der Waals surface area contributed by atoms with Gasteiger partial charge in [-0.05, 0) is 41.5 Å². The molecule has 2 aromatic heterocycles. The molecule has 3 aromatic rings. The topological polar surface area (TPSA) is 105 Å². The minimum atomic E-state index is 0.445. The first-order valence-electron chi connectivity index (χ1n) is 7.06. The zero-order valence-corrected chi connectivity index (χ0v) is 12.5. The van der Waals surface area contributed by atoms with Gasteiger partial charge >= 0.3 is 0 Å². The molecule has 0 aliphatic rings. The Balaban J connectivity index is 1.62. The zero-order valence-electron chi connectivity index (χ0n) is 12.5. The van der Waals surface area contributed by atoms with E-state index >= 15 is 0 Å². The average Bonchev–Trinajstić information content (AvgIpc) is 3.02. The van der Waals surface area contributed by atoms with Crippen LogP contribution in [0.3, 0.4) is 0 Å². The first kappa shape index (κ1) is 14.6. The van der Waals surface area contributed by atoms with Gasteiger partial charge in [0, 0.05) is 6.54 Å². The lowest BCUT2D eigenvalue weighted by Gasteiger charge is -2.07. The Kier molecular flexibility index (Phi) is 4.20. The molecule has 114 valence electrons. The van der Waals surface area contributed by atoms with E-state index in [2.05, 4.69) is 30.8 Å². The van der Waals surface area contributed by atoms with Crippen molar-refractivity contribution in [3.63, 3.8) is 0 Å². The second-order valence-corrected chi connectivity index (χ2v) is 4.89. The van der Waals surface area contributed by atoms with Gasteiger partial charge in [0.2, 0.25) is 5.95 Å². The number of anilines is 1. The largest absolute Gasteiger partial charge is 0.354 e. The fourth-order valence-electron chi connectivity index (χ4n) is 2.11. The monoisotopic (exact) mass is 306 g/mol. The van der Waals surface area contributed by atoms with Gasteiger partial charge in [0.1, 0.15) is 6.07 Å². The molecule has 0 fully saturated rings. The van der Waals surface area contributed by atoms with Crippen LogP contribution in [0, 0.1) is 18.3 Å². The van der Waals surface area contributed by atoms with E-state index in [1.807, 2.05) is 37.3 Å². The number of aromatic nitrogens is 6. The molecular weight excluding hydrogens is 292 g/mol. The van der Waals surface area contributed by atoms with Crippen molar-refractivity contribution in [2.45, 2.75) is 13.3 Å². The molecule has 0 saturated carbocycles. The van der Waals surface area contributed by atoms with Crippen molar-refractivity contribution >= 4 is 5.95 Å². The molecule has 0 atom stereocenters. The molecule has 0 spiro atoms. The van der Waals surface area contributed by atoms with Crippen molar-refractivity contribution < 1.29 is 0 Å². The number of tetrazole rings is 1. The van der Waals surface area contributed by atoms with Crippen LogP contribution >= 0.6 is 0 Å². The van der Waals surface area contributed by atoms with Crippen LogP contribution in [0.25, 0.3) is 5.69 Å². The average molecular weight is 306 g/mol. The smallest absolute Gasteiger partial charge is 0.222 e. The summed E-state index contributed by atoms with van der Waals surface area (Å²) in [4.78, 5) is 8.15. The molecule has 0 radical (unpaired) electrons. The van der Waals surface area contributed by atoms with Crippen molar-refractivity contribution in [1.29, 1.82) is 5.26 Å². The molecule has 0 bridgehead atoms. The van der Waals surface area contributed by atoms with Gasteiger partial charge in [0.15, 0.2) is 5.82 Å². The minimum Gasteiger partial charge on any atom is -0.354 e. The van der Waals surface area contributed by atoms with Crippen molar-refractivity contribution in [2.24, 2.45) is 0 Å². The number of hydrogen-bond donors (Lipinski definition) is 1. The van der Waals surface area contributed by atoms with E-state index in [0.29, 0.717) is 18.1 Å². The molecule has 1 aromatic carbocycles.